The second kappa shape index (κ2) is 4.40. The molecule has 0 aliphatic carbocycles. The Morgan fingerprint density at radius 2 is 2.00 bits per heavy atom. The van der Waals surface area contributed by atoms with Gasteiger partial charge in [-0.05, 0) is 12.3 Å². The highest BCUT2D eigenvalue weighted by molar-refractivity contribution is 4.97. The number of nitrogens with one attached hydrogen (secondary N) is 1. The third-order valence-electron chi connectivity index (χ3n) is 2.44. The van der Waals surface area contributed by atoms with E-state index in [0.717, 1.165) is 24.5 Å². The number of rotatable bonds is 4. The van der Waals surface area contributed by atoms with Crippen molar-refractivity contribution in [2.24, 2.45) is 5.92 Å². The van der Waals surface area contributed by atoms with Crippen LogP contribution in [0.5, 0.6) is 0 Å². The van der Waals surface area contributed by atoms with Crippen LogP contribution in [0.3, 0.4) is 0 Å². The fraction of sp³-hybridized carbons (Fsp3) is 0.800. The van der Waals surface area contributed by atoms with Crippen molar-refractivity contribution >= 4 is 0 Å². The first-order valence-corrected chi connectivity index (χ1v) is 5.06. The van der Waals surface area contributed by atoms with E-state index in [1.165, 1.54) is 0 Å². The highest BCUT2D eigenvalue weighted by Crippen LogP contribution is 2.19. The van der Waals surface area contributed by atoms with Gasteiger partial charge in [-0.3, -0.25) is 5.10 Å². The minimum absolute atomic E-state index is 0.446. The van der Waals surface area contributed by atoms with Gasteiger partial charge in [-0.15, -0.1) is 0 Å². The van der Waals surface area contributed by atoms with E-state index >= 15 is 0 Å². The van der Waals surface area contributed by atoms with E-state index in [9.17, 15) is 0 Å². The summed E-state index contributed by atoms with van der Waals surface area (Å²) in [5, 5.41) is 7.20. The molecule has 1 unspecified atom stereocenters. The lowest BCUT2D eigenvalue weighted by atomic mass is 9.98. The summed E-state index contributed by atoms with van der Waals surface area (Å²) in [4.78, 5) is 4.45. The average Bonchev–Trinajstić information content (AvgIpc) is 2.52. The lowest BCUT2D eigenvalue weighted by Gasteiger charge is -2.10. The number of aryl methyl sites for hydroxylation is 1. The summed E-state index contributed by atoms with van der Waals surface area (Å²) in [6, 6.07) is 0. The van der Waals surface area contributed by atoms with Gasteiger partial charge in [0, 0.05) is 12.3 Å². The van der Waals surface area contributed by atoms with Crippen LogP contribution in [0.4, 0.5) is 0 Å². The Hall–Kier alpha value is -0.860. The molecule has 3 nitrogen and oxygen atoms in total. The number of hydrogen-bond donors (Lipinski definition) is 1. The van der Waals surface area contributed by atoms with Gasteiger partial charge in [0.2, 0.25) is 0 Å². The van der Waals surface area contributed by atoms with Gasteiger partial charge >= 0.3 is 0 Å². The maximum absolute atomic E-state index is 4.45. The van der Waals surface area contributed by atoms with Crippen LogP contribution < -0.4 is 0 Å². The third-order valence-corrected chi connectivity index (χ3v) is 2.44. The molecule has 74 valence electrons. The zero-order valence-electron chi connectivity index (χ0n) is 8.96. The Morgan fingerprint density at radius 1 is 1.31 bits per heavy atom. The van der Waals surface area contributed by atoms with Gasteiger partial charge in [0.25, 0.3) is 0 Å². The van der Waals surface area contributed by atoms with Gasteiger partial charge in [0.15, 0.2) is 5.82 Å². The molecule has 0 spiro atoms. The summed E-state index contributed by atoms with van der Waals surface area (Å²) in [5.74, 6) is 3.02. The van der Waals surface area contributed by atoms with Crippen molar-refractivity contribution < 1.29 is 0 Å². The van der Waals surface area contributed by atoms with Gasteiger partial charge in [-0.2, -0.15) is 5.10 Å². The van der Waals surface area contributed by atoms with Crippen molar-refractivity contribution in [2.75, 3.05) is 0 Å². The summed E-state index contributed by atoms with van der Waals surface area (Å²) in [7, 11) is 0. The smallest absolute Gasteiger partial charge is 0.153 e. The first-order valence-electron chi connectivity index (χ1n) is 5.06. The fourth-order valence-electron chi connectivity index (χ4n) is 1.16. The van der Waals surface area contributed by atoms with Gasteiger partial charge < -0.3 is 0 Å². The number of aromatic nitrogens is 3. The van der Waals surface area contributed by atoms with Gasteiger partial charge in [-0.1, -0.05) is 27.7 Å². The second-order valence-corrected chi connectivity index (χ2v) is 3.92. The Bertz CT molecular complexity index is 252. The molecule has 1 N–H and O–H groups in total. The summed E-state index contributed by atoms with van der Waals surface area (Å²) >= 11 is 0. The molecule has 0 aliphatic rings. The monoisotopic (exact) mass is 181 g/mol. The molecule has 0 radical (unpaired) electrons. The molecule has 3 heteroatoms. The molecule has 0 saturated carbocycles. The van der Waals surface area contributed by atoms with Crippen LogP contribution in [-0.2, 0) is 6.42 Å². The Balaban J connectivity index is 2.67. The zero-order chi connectivity index (χ0) is 9.84. The SMILES string of the molecule is CCCc1nc(C(C)C(C)C)n[nH]1. The molecule has 0 aliphatic heterocycles. The van der Waals surface area contributed by atoms with Crippen molar-refractivity contribution in [2.45, 2.75) is 46.5 Å². The number of aromatic amines is 1. The maximum atomic E-state index is 4.45. The van der Waals surface area contributed by atoms with Gasteiger partial charge in [-0.25, -0.2) is 4.98 Å². The first kappa shape index (κ1) is 10.2. The quantitative estimate of drug-likeness (QED) is 0.775. The van der Waals surface area contributed by atoms with E-state index in [1.54, 1.807) is 0 Å². The van der Waals surface area contributed by atoms with Crippen LogP contribution in [0, 0.1) is 5.92 Å². The van der Waals surface area contributed by atoms with Crippen molar-refractivity contribution in [3.8, 4) is 0 Å². The predicted octanol–water partition coefficient (Wildman–Crippen LogP) is 2.52. The molecule has 1 heterocycles. The molecule has 0 saturated heterocycles. The van der Waals surface area contributed by atoms with Gasteiger partial charge in [0.05, 0.1) is 0 Å². The molecular weight excluding hydrogens is 162 g/mol. The Labute approximate surface area is 80.0 Å². The Kier molecular flexibility index (Phi) is 3.46. The normalized spacial score (nSPS) is 13.6. The summed E-state index contributed by atoms with van der Waals surface area (Å²) < 4.78 is 0. The minimum Gasteiger partial charge on any atom is -0.263 e. The molecule has 1 aromatic rings. The van der Waals surface area contributed by atoms with Crippen molar-refractivity contribution in [3.63, 3.8) is 0 Å². The van der Waals surface area contributed by atoms with E-state index in [0.29, 0.717) is 11.8 Å². The highest BCUT2D eigenvalue weighted by Gasteiger charge is 2.14. The standard InChI is InChI=1S/C10H19N3/c1-5-6-9-11-10(13-12-9)8(4)7(2)3/h7-8H,5-6H2,1-4H3,(H,11,12,13). The van der Waals surface area contributed by atoms with Crippen LogP contribution in [-0.4, -0.2) is 15.2 Å². The van der Waals surface area contributed by atoms with Crippen molar-refractivity contribution in [1.29, 1.82) is 0 Å². The van der Waals surface area contributed by atoms with Crippen LogP contribution in [0.2, 0.25) is 0 Å². The number of hydrogen-bond acceptors (Lipinski definition) is 2. The first-order chi connectivity index (χ1) is 6.15. The summed E-state index contributed by atoms with van der Waals surface area (Å²) in [6.45, 7) is 8.71. The number of H-pyrrole nitrogens is 1. The maximum Gasteiger partial charge on any atom is 0.153 e. The number of nitrogens with zero attached hydrogens (tertiary/aromatic N) is 2. The second-order valence-electron chi connectivity index (χ2n) is 3.92. The van der Waals surface area contributed by atoms with Crippen molar-refractivity contribution in [3.05, 3.63) is 11.6 Å². The van der Waals surface area contributed by atoms with Crippen LogP contribution >= 0.6 is 0 Å². The predicted molar refractivity (Wildman–Crippen MR) is 53.6 cm³/mol. The summed E-state index contributed by atoms with van der Waals surface area (Å²) in [6.07, 6.45) is 2.11. The van der Waals surface area contributed by atoms with Crippen LogP contribution in [0.1, 0.15) is 51.7 Å². The molecule has 0 bridgehead atoms. The molecular formula is C10H19N3. The molecule has 13 heavy (non-hydrogen) atoms. The van der Waals surface area contributed by atoms with E-state index in [2.05, 4.69) is 42.9 Å². The van der Waals surface area contributed by atoms with Crippen LogP contribution in [0.25, 0.3) is 0 Å². The molecule has 1 atom stereocenters. The van der Waals surface area contributed by atoms with E-state index in [1.807, 2.05) is 0 Å². The topological polar surface area (TPSA) is 41.6 Å². The van der Waals surface area contributed by atoms with E-state index in [-0.39, 0.29) is 0 Å². The molecule has 1 aromatic heterocycles. The molecule has 0 amide bonds. The average molecular weight is 181 g/mol. The molecule has 0 aromatic carbocycles. The third kappa shape index (κ3) is 2.54. The van der Waals surface area contributed by atoms with Gasteiger partial charge in [0.1, 0.15) is 5.82 Å². The summed E-state index contributed by atoms with van der Waals surface area (Å²) in [5.41, 5.74) is 0. The van der Waals surface area contributed by atoms with E-state index in [4.69, 9.17) is 0 Å². The minimum atomic E-state index is 0.446. The largest absolute Gasteiger partial charge is 0.263 e. The zero-order valence-corrected chi connectivity index (χ0v) is 8.96. The lowest BCUT2D eigenvalue weighted by molar-refractivity contribution is 0.511. The van der Waals surface area contributed by atoms with Crippen LogP contribution in [0.15, 0.2) is 0 Å². The lowest BCUT2D eigenvalue weighted by Crippen LogP contribution is -2.04. The van der Waals surface area contributed by atoms with E-state index < -0.39 is 0 Å². The molecule has 0 fully saturated rings. The fourth-order valence-corrected chi connectivity index (χ4v) is 1.16. The highest BCUT2D eigenvalue weighted by atomic mass is 15.2. The Morgan fingerprint density at radius 3 is 2.54 bits per heavy atom. The van der Waals surface area contributed by atoms with Crippen molar-refractivity contribution in [1.82, 2.24) is 15.2 Å². The molecule has 1 rings (SSSR count).